The van der Waals surface area contributed by atoms with Gasteiger partial charge in [-0.15, -0.1) is 22.9 Å². The number of halogens is 2. The van der Waals surface area contributed by atoms with Crippen LogP contribution in [0.4, 0.5) is 10.1 Å². The molecule has 2 rings (SSSR count). The molecule has 0 unspecified atom stereocenters. The third kappa shape index (κ3) is 1.28. The summed E-state index contributed by atoms with van der Waals surface area (Å²) in [5.74, 6) is 0.0135. The normalized spacial score (nSPS) is 10.9. The third-order valence-corrected chi connectivity index (χ3v) is 3.16. The van der Waals surface area contributed by atoms with Gasteiger partial charge in [-0.1, -0.05) is 0 Å². The first-order chi connectivity index (χ1) is 6.24. The van der Waals surface area contributed by atoms with Crippen LogP contribution < -0.4 is 5.73 Å². The Labute approximate surface area is 83.9 Å². The molecule has 0 spiro atoms. The van der Waals surface area contributed by atoms with Gasteiger partial charge in [0, 0.05) is 26.7 Å². The molecule has 1 aromatic heterocycles. The maximum absolute atomic E-state index is 13.3. The van der Waals surface area contributed by atoms with Crippen LogP contribution in [-0.4, -0.2) is 0 Å². The first-order valence-corrected chi connectivity index (χ1v) is 5.15. The monoisotopic (exact) mass is 215 g/mol. The fraction of sp³-hybridized carbons (Fsp3) is 0.111. The van der Waals surface area contributed by atoms with Crippen LogP contribution >= 0.6 is 22.9 Å². The van der Waals surface area contributed by atoms with Gasteiger partial charge < -0.3 is 5.73 Å². The zero-order valence-corrected chi connectivity index (χ0v) is 8.25. The molecule has 2 aromatic rings. The molecule has 0 aliphatic heterocycles. The van der Waals surface area contributed by atoms with Crippen molar-refractivity contribution in [1.82, 2.24) is 0 Å². The van der Waals surface area contributed by atoms with Crippen LogP contribution in [0, 0.1) is 5.82 Å². The van der Waals surface area contributed by atoms with Gasteiger partial charge in [-0.05, 0) is 12.1 Å². The number of fused-ring (bicyclic) bond motifs is 1. The molecule has 68 valence electrons. The highest BCUT2D eigenvalue weighted by atomic mass is 35.5. The van der Waals surface area contributed by atoms with Crippen molar-refractivity contribution in [2.24, 2.45) is 0 Å². The first kappa shape index (κ1) is 8.78. The van der Waals surface area contributed by atoms with Gasteiger partial charge in [0.05, 0.1) is 5.88 Å². The van der Waals surface area contributed by atoms with E-state index in [2.05, 4.69) is 0 Å². The summed E-state index contributed by atoms with van der Waals surface area (Å²) in [5.41, 5.74) is 6.93. The zero-order chi connectivity index (χ0) is 9.42. The van der Waals surface area contributed by atoms with Crippen molar-refractivity contribution in [3.8, 4) is 0 Å². The van der Waals surface area contributed by atoms with Gasteiger partial charge in [-0.25, -0.2) is 4.39 Å². The SMILES string of the molecule is Nc1ccc2scc(F)c2c1CCl. The van der Waals surface area contributed by atoms with E-state index in [1.54, 1.807) is 6.07 Å². The number of hydrogen-bond donors (Lipinski definition) is 1. The lowest BCUT2D eigenvalue weighted by Crippen LogP contribution is -1.92. The predicted octanol–water partition coefficient (Wildman–Crippen LogP) is 3.36. The molecule has 0 bridgehead atoms. The minimum Gasteiger partial charge on any atom is -0.398 e. The topological polar surface area (TPSA) is 26.0 Å². The number of thiophene rings is 1. The molecule has 1 nitrogen and oxygen atoms in total. The number of anilines is 1. The molecular formula is C9H7ClFNS. The largest absolute Gasteiger partial charge is 0.398 e. The molecule has 13 heavy (non-hydrogen) atoms. The van der Waals surface area contributed by atoms with E-state index in [1.807, 2.05) is 6.07 Å². The smallest absolute Gasteiger partial charge is 0.142 e. The maximum atomic E-state index is 13.3. The molecule has 0 aliphatic carbocycles. The van der Waals surface area contributed by atoms with Crippen LogP contribution in [0.15, 0.2) is 17.5 Å². The van der Waals surface area contributed by atoms with Gasteiger partial charge in [0.15, 0.2) is 0 Å². The lowest BCUT2D eigenvalue weighted by Gasteiger charge is -2.02. The van der Waals surface area contributed by atoms with E-state index in [0.29, 0.717) is 16.6 Å². The van der Waals surface area contributed by atoms with Crippen molar-refractivity contribution < 1.29 is 4.39 Å². The van der Waals surface area contributed by atoms with E-state index in [4.69, 9.17) is 17.3 Å². The van der Waals surface area contributed by atoms with Gasteiger partial charge in [0.2, 0.25) is 0 Å². The Kier molecular flexibility index (Phi) is 2.14. The molecule has 0 fully saturated rings. The second kappa shape index (κ2) is 3.16. The summed E-state index contributed by atoms with van der Waals surface area (Å²) in [5, 5.41) is 2.04. The molecule has 0 aliphatic rings. The lowest BCUT2D eigenvalue weighted by atomic mass is 10.1. The molecule has 0 saturated carbocycles. The molecular weight excluding hydrogens is 209 g/mol. The van der Waals surface area contributed by atoms with Crippen molar-refractivity contribution in [1.29, 1.82) is 0 Å². The number of alkyl halides is 1. The summed E-state index contributed by atoms with van der Waals surface area (Å²) in [6.07, 6.45) is 0. The van der Waals surface area contributed by atoms with Crippen molar-refractivity contribution >= 4 is 38.7 Å². The molecule has 1 heterocycles. The Hall–Kier alpha value is -0.800. The molecule has 4 heteroatoms. The Morgan fingerprint density at radius 1 is 1.46 bits per heavy atom. The van der Waals surface area contributed by atoms with E-state index < -0.39 is 0 Å². The third-order valence-electron chi connectivity index (χ3n) is 1.97. The highest BCUT2D eigenvalue weighted by molar-refractivity contribution is 7.17. The second-order valence-corrected chi connectivity index (χ2v) is 3.90. The standard InChI is InChI=1S/C9H7ClFNS/c10-3-5-7(12)1-2-8-9(5)6(11)4-13-8/h1-2,4H,3,12H2. The van der Waals surface area contributed by atoms with Gasteiger partial charge in [-0.2, -0.15) is 0 Å². The molecule has 1 aromatic carbocycles. The zero-order valence-electron chi connectivity index (χ0n) is 6.68. The number of benzene rings is 1. The number of hydrogen-bond acceptors (Lipinski definition) is 2. The Morgan fingerprint density at radius 2 is 2.23 bits per heavy atom. The average molecular weight is 216 g/mol. The highest BCUT2D eigenvalue weighted by Crippen LogP contribution is 2.32. The molecule has 0 radical (unpaired) electrons. The number of nitrogens with two attached hydrogens (primary N) is 1. The summed E-state index contributed by atoms with van der Waals surface area (Å²) in [7, 11) is 0. The van der Waals surface area contributed by atoms with E-state index in [1.165, 1.54) is 16.7 Å². The fourth-order valence-electron chi connectivity index (χ4n) is 1.32. The Bertz CT molecular complexity index is 452. The number of rotatable bonds is 1. The summed E-state index contributed by atoms with van der Waals surface area (Å²) in [6.45, 7) is 0. The average Bonchev–Trinajstić information content (AvgIpc) is 2.49. The first-order valence-electron chi connectivity index (χ1n) is 3.74. The van der Waals surface area contributed by atoms with Crippen LogP contribution in [0.3, 0.4) is 0 Å². The highest BCUT2D eigenvalue weighted by Gasteiger charge is 2.10. The van der Waals surface area contributed by atoms with Gasteiger partial charge in [0.25, 0.3) is 0 Å². The van der Waals surface area contributed by atoms with Gasteiger partial charge >= 0.3 is 0 Å². The van der Waals surface area contributed by atoms with Crippen molar-refractivity contribution in [3.63, 3.8) is 0 Å². The van der Waals surface area contributed by atoms with Crippen molar-refractivity contribution in [2.75, 3.05) is 5.73 Å². The van der Waals surface area contributed by atoms with E-state index >= 15 is 0 Å². The summed E-state index contributed by atoms with van der Waals surface area (Å²) in [6, 6.07) is 3.57. The predicted molar refractivity (Wildman–Crippen MR) is 55.8 cm³/mol. The van der Waals surface area contributed by atoms with Crippen molar-refractivity contribution in [3.05, 3.63) is 28.9 Å². The van der Waals surface area contributed by atoms with E-state index in [0.717, 1.165) is 4.70 Å². The fourth-order valence-corrected chi connectivity index (χ4v) is 2.44. The van der Waals surface area contributed by atoms with Crippen LogP contribution in [0.5, 0.6) is 0 Å². The summed E-state index contributed by atoms with van der Waals surface area (Å²) < 4.78 is 14.2. The maximum Gasteiger partial charge on any atom is 0.142 e. The van der Waals surface area contributed by atoms with E-state index in [9.17, 15) is 4.39 Å². The van der Waals surface area contributed by atoms with E-state index in [-0.39, 0.29) is 11.7 Å². The Morgan fingerprint density at radius 3 is 2.92 bits per heavy atom. The second-order valence-electron chi connectivity index (χ2n) is 2.72. The summed E-state index contributed by atoms with van der Waals surface area (Å²) >= 11 is 7.06. The molecule has 2 N–H and O–H groups in total. The lowest BCUT2D eigenvalue weighted by molar-refractivity contribution is 0.643. The van der Waals surface area contributed by atoms with Crippen LogP contribution in [0.2, 0.25) is 0 Å². The minimum atomic E-state index is -0.233. The molecule has 0 saturated heterocycles. The van der Waals surface area contributed by atoms with Crippen LogP contribution in [-0.2, 0) is 5.88 Å². The summed E-state index contributed by atoms with van der Waals surface area (Å²) in [4.78, 5) is 0. The van der Waals surface area contributed by atoms with Crippen molar-refractivity contribution in [2.45, 2.75) is 5.88 Å². The van der Waals surface area contributed by atoms with Crippen LogP contribution in [0.1, 0.15) is 5.56 Å². The van der Waals surface area contributed by atoms with Gasteiger partial charge in [0.1, 0.15) is 5.82 Å². The molecule has 0 amide bonds. The van der Waals surface area contributed by atoms with Gasteiger partial charge in [-0.3, -0.25) is 0 Å². The van der Waals surface area contributed by atoms with Crippen LogP contribution in [0.25, 0.3) is 10.1 Å². The molecule has 0 atom stereocenters. The quantitative estimate of drug-likeness (QED) is 0.573. The Balaban J connectivity index is 2.88. The number of nitrogen functional groups attached to an aromatic ring is 1. The minimum absolute atomic E-state index is 0.233.